The lowest BCUT2D eigenvalue weighted by molar-refractivity contribution is -0.130. The van der Waals surface area contributed by atoms with Crippen LogP contribution in [0, 0.1) is 6.92 Å². The Morgan fingerprint density at radius 1 is 0.971 bits per heavy atom. The molecule has 176 valence electrons. The second-order valence-electron chi connectivity index (χ2n) is 8.20. The number of nitrogens with zero attached hydrogens (tertiary/aromatic N) is 5. The summed E-state index contributed by atoms with van der Waals surface area (Å²) in [4.78, 5) is 54.7. The molecule has 0 saturated carbocycles. The summed E-state index contributed by atoms with van der Waals surface area (Å²) in [5.74, 6) is -0.643. The average molecular weight is 482 g/mol. The van der Waals surface area contributed by atoms with Gasteiger partial charge in [0.15, 0.2) is 0 Å². The number of carbonyl (C=O) groups is 2. The first kappa shape index (κ1) is 23.4. The van der Waals surface area contributed by atoms with Gasteiger partial charge < -0.3 is 9.80 Å². The molecule has 0 aliphatic carbocycles. The number of hydrogen-bond acceptors (Lipinski definition) is 5. The minimum atomic E-state index is -0.754. The summed E-state index contributed by atoms with van der Waals surface area (Å²) in [6, 6.07) is 13.8. The van der Waals surface area contributed by atoms with E-state index in [2.05, 4.69) is 5.10 Å². The van der Waals surface area contributed by atoms with E-state index in [1.807, 2.05) is 31.2 Å². The molecule has 1 fully saturated rings. The number of aromatic nitrogens is 3. The number of benzene rings is 2. The van der Waals surface area contributed by atoms with Gasteiger partial charge in [-0.15, -0.1) is 0 Å². The summed E-state index contributed by atoms with van der Waals surface area (Å²) in [6.07, 6.45) is 0. The zero-order chi connectivity index (χ0) is 24.4. The fraction of sp³-hybridized carbons (Fsp3) is 0.292. The van der Waals surface area contributed by atoms with Crippen LogP contribution in [0.5, 0.6) is 0 Å². The van der Waals surface area contributed by atoms with E-state index in [1.54, 1.807) is 29.2 Å². The maximum absolute atomic E-state index is 13.3. The zero-order valence-electron chi connectivity index (χ0n) is 18.9. The topological polar surface area (TPSA) is 97.5 Å². The largest absolute Gasteiger partial charge is 0.352 e. The lowest BCUT2D eigenvalue weighted by Crippen LogP contribution is -2.52. The molecule has 2 amide bonds. The van der Waals surface area contributed by atoms with Crippen molar-refractivity contribution in [2.45, 2.75) is 20.4 Å². The predicted octanol–water partition coefficient (Wildman–Crippen LogP) is 1.71. The molecule has 4 rings (SSSR count). The van der Waals surface area contributed by atoms with Gasteiger partial charge in [-0.25, -0.2) is 4.79 Å². The summed E-state index contributed by atoms with van der Waals surface area (Å²) >= 11 is 5.98. The molecular formula is C24H24ClN5O4. The van der Waals surface area contributed by atoms with E-state index in [-0.39, 0.29) is 31.2 Å². The maximum atomic E-state index is 13.3. The van der Waals surface area contributed by atoms with E-state index >= 15 is 0 Å². The Morgan fingerprint density at radius 3 is 2.24 bits per heavy atom. The third-order valence-corrected chi connectivity index (χ3v) is 6.02. The van der Waals surface area contributed by atoms with Crippen LogP contribution in [0.2, 0.25) is 5.02 Å². The van der Waals surface area contributed by atoms with E-state index in [9.17, 15) is 19.2 Å². The van der Waals surface area contributed by atoms with Gasteiger partial charge in [0, 0.05) is 38.1 Å². The highest BCUT2D eigenvalue weighted by Gasteiger charge is 2.28. The molecule has 0 bridgehead atoms. The molecule has 0 spiro atoms. The molecule has 0 atom stereocenters. The van der Waals surface area contributed by atoms with Crippen molar-refractivity contribution in [2.75, 3.05) is 26.2 Å². The summed E-state index contributed by atoms with van der Waals surface area (Å²) in [5, 5.41) is 4.65. The van der Waals surface area contributed by atoms with Crippen LogP contribution in [0.15, 0.2) is 58.1 Å². The molecule has 0 N–H and O–H groups in total. The molecule has 34 heavy (non-hydrogen) atoms. The summed E-state index contributed by atoms with van der Waals surface area (Å²) in [5.41, 5.74) is 0.350. The molecular weight excluding hydrogens is 458 g/mol. The predicted molar refractivity (Wildman–Crippen MR) is 128 cm³/mol. The highest BCUT2D eigenvalue weighted by Crippen LogP contribution is 2.12. The van der Waals surface area contributed by atoms with Crippen LogP contribution in [0.4, 0.5) is 0 Å². The second-order valence-corrected chi connectivity index (χ2v) is 8.63. The fourth-order valence-electron chi connectivity index (χ4n) is 3.91. The standard InChI is InChI=1S/C24H24ClN5O4/c1-16-4-3-5-18(14-16)15-29-23(33)21(22(32)28-12-10-27(11-13-28)17(2)31)26-30(24(29)34)20-8-6-19(25)7-9-20/h3-9,14H,10-13,15H2,1-2H3. The van der Waals surface area contributed by atoms with Crippen molar-refractivity contribution >= 4 is 23.4 Å². The van der Waals surface area contributed by atoms with Crippen LogP contribution in [0.3, 0.4) is 0 Å². The molecule has 3 aromatic rings. The molecule has 2 aromatic carbocycles. The molecule has 9 nitrogen and oxygen atoms in total. The minimum absolute atomic E-state index is 0.00610. The van der Waals surface area contributed by atoms with Crippen molar-refractivity contribution < 1.29 is 9.59 Å². The molecule has 0 radical (unpaired) electrons. The number of hydrogen-bond donors (Lipinski definition) is 0. The second kappa shape index (κ2) is 9.64. The zero-order valence-corrected chi connectivity index (χ0v) is 19.7. The van der Waals surface area contributed by atoms with Crippen LogP contribution >= 0.6 is 11.6 Å². The van der Waals surface area contributed by atoms with Crippen molar-refractivity contribution in [3.63, 3.8) is 0 Å². The molecule has 1 aliphatic heterocycles. The van der Waals surface area contributed by atoms with Gasteiger partial charge in [0.1, 0.15) is 0 Å². The highest BCUT2D eigenvalue weighted by molar-refractivity contribution is 6.30. The number of rotatable bonds is 4. The SMILES string of the molecule is CC(=O)N1CCN(C(=O)c2nn(-c3ccc(Cl)cc3)c(=O)n(Cc3cccc(C)c3)c2=O)CC1. The Hall–Kier alpha value is -3.72. The van der Waals surface area contributed by atoms with Gasteiger partial charge in [-0.05, 0) is 36.8 Å². The van der Waals surface area contributed by atoms with Crippen molar-refractivity contribution in [1.29, 1.82) is 0 Å². The van der Waals surface area contributed by atoms with Crippen LogP contribution in [0.1, 0.15) is 28.5 Å². The van der Waals surface area contributed by atoms with Crippen molar-refractivity contribution in [3.05, 3.63) is 91.2 Å². The van der Waals surface area contributed by atoms with E-state index in [0.29, 0.717) is 23.8 Å². The maximum Gasteiger partial charge on any atom is 0.352 e. The molecule has 1 aromatic heterocycles. The Balaban J connectivity index is 1.79. The summed E-state index contributed by atoms with van der Waals surface area (Å²) in [7, 11) is 0. The van der Waals surface area contributed by atoms with E-state index in [4.69, 9.17) is 11.6 Å². The van der Waals surface area contributed by atoms with Gasteiger partial charge >= 0.3 is 5.69 Å². The number of aryl methyl sites for hydroxylation is 1. The van der Waals surface area contributed by atoms with Crippen LogP contribution < -0.4 is 11.2 Å². The first-order valence-corrected chi connectivity index (χ1v) is 11.2. The smallest absolute Gasteiger partial charge is 0.339 e. The van der Waals surface area contributed by atoms with Crippen molar-refractivity contribution in [2.24, 2.45) is 0 Å². The van der Waals surface area contributed by atoms with Gasteiger partial charge in [0.05, 0.1) is 12.2 Å². The molecule has 1 aliphatic rings. The third kappa shape index (κ3) is 4.79. The number of amides is 2. The Labute approximate surface area is 200 Å². The highest BCUT2D eigenvalue weighted by atomic mass is 35.5. The average Bonchev–Trinajstić information content (AvgIpc) is 2.82. The summed E-state index contributed by atoms with van der Waals surface area (Å²) < 4.78 is 2.07. The first-order chi connectivity index (χ1) is 16.2. The van der Waals surface area contributed by atoms with Crippen LogP contribution in [0.25, 0.3) is 5.69 Å². The van der Waals surface area contributed by atoms with Gasteiger partial charge in [-0.2, -0.15) is 9.78 Å². The Morgan fingerprint density at radius 2 is 1.62 bits per heavy atom. The van der Waals surface area contributed by atoms with Gasteiger partial charge in [-0.1, -0.05) is 41.4 Å². The van der Waals surface area contributed by atoms with E-state index in [0.717, 1.165) is 20.4 Å². The molecule has 10 heteroatoms. The third-order valence-electron chi connectivity index (χ3n) is 5.77. The molecule has 1 saturated heterocycles. The Bertz CT molecular complexity index is 1360. The van der Waals surface area contributed by atoms with Crippen molar-refractivity contribution in [3.8, 4) is 5.69 Å². The monoisotopic (exact) mass is 481 g/mol. The number of halogens is 1. The van der Waals surface area contributed by atoms with Gasteiger partial charge in [0.25, 0.3) is 11.5 Å². The summed E-state index contributed by atoms with van der Waals surface area (Å²) in [6.45, 7) is 4.68. The van der Waals surface area contributed by atoms with E-state index in [1.165, 1.54) is 11.8 Å². The lowest BCUT2D eigenvalue weighted by atomic mass is 10.1. The van der Waals surface area contributed by atoms with Crippen molar-refractivity contribution in [1.82, 2.24) is 24.1 Å². The minimum Gasteiger partial charge on any atom is -0.339 e. The molecule has 2 heterocycles. The van der Waals surface area contributed by atoms with Gasteiger partial charge in [-0.3, -0.25) is 19.0 Å². The molecule has 0 unspecified atom stereocenters. The van der Waals surface area contributed by atoms with Crippen LogP contribution in [-0.4, -0.2) is 62.1 Å². The fourth-order valence-corrected chi connectivity index (χ4v) is 4.03. The van der Waals surface area contributed by atoms with E-state index < -0.39 is 17.2 Å². The lowest BCUT2D eigenvalue weighted by Gasteiger charge is -2.33. The normalized spacial score (nSPS) is 13.7. The Kier molecular flexibility index (Phi) is 6.65. The number of piperazine rings is 1. The van der Waals surface area contributed by atoms with Crippen LogP contribution in [-0.2, 0) is 11.3 Å². The number of carbonyl (C=O) groups excluding carboxylic acids is 2. The first-order valence-electron chi connectivity index (χ1n) is 10.8. The van der Waals surface area contributed by atoms with Gasteiger partial charge in [0.2, 0.25) is 11.6 Å². The quantitative estimate of drug-likeness (QED) is 0.565.